The Hall–Kier alpha value is -3.69. The van der Waals surface area contributed by atoms with Crippen LogP contribution in [0.15, 0.2) is 48.7 Å². The summed E-state index contributed by atoms with van der Waals surface area (Å²) < 4.78 is 35.2. The van der Waals surface area contributed by atoms with Gasteiger partial charge < -0.3 is 23.9 Å². The molecule has 2 atom stereocenters. The number of para-hydroxylation sites is 1. The zero-order valence-corrected chi connectivity index (χ0v) is 22.8. The minimum Gasteiger partial charge on any atom is -0.478 e. The number of carbonyl (C=O) groups is 1. The molecule has 2 fully saturated rings. The second kappa shape index (κ2) is 10.7. The maximum Gasteiger partial charge on any atom is 0.328 e. The molecule has 4 heterocycles. The zero-order chi connectivity index (χ0) is 27.9. The highest BCUT2D eigenvalue weighted by atomic mass is 19.1. The number of benzene rings is 2. The molecule has 0 spiro atoms. The molecule has 3 aromatic rings. The number of aromatic nitrogens is 2. The summed E-state index contributed by atoms with van der Waals surface area (Å²) in [5, 5.41) is 9.10. The molecule has 0 radical (unpaired) electrons. The van der Waals surface area contributed by atoms with E-state index in [2.05, 4.69) is 20.5 Å². The van der Waals surface area contributed by atoms with E-state index in [1.165, 1.54) is 6.07 Å². The summed E-state index contributed by atoms with van der Waals surface area (Å²) in [6.45, 7) is 7.37. The van der Waals surface area contributed by atoms with Gasteiger partial charge in [-0.3, -0.25) is 4.90 Å². The van der Waals surface area contributed by atoms with E-state index in [1.807, 2.05) is 25.1 Å². The Labute approximate surface area is 233 Å². The molecule has 1 aromatic heterocycles. The number of likely N-dealkylation sites (tertiary alicyclic amines) is 1. The zero-order valence-electron chi connectivity index (χ0n) is 22.8. The molecule has 1 unspecified atom stereocenters. The number of carboxylic acids is 1. The lowest BCUT2D eigenvalue weighted by molar-refractivity contribution is -0.131. The summed E-state index contributed by atoms with van der Waals surface area (Å²) in [4.78, 5) is 18.2. The van der Waals surface area contributed by atoms with E-state index in [-0.39, 0.29) is 17.8 Å². The van der Waals surface area contributed by atoms with E-state index >= 15 is 0 Å². The molecule has 2 aromatic carbocycles. The van der Waals surface area contributed by atoms with Crippen molar-refractivity contribution in [2.45, 2.75) is 57.4 Å². The van der Waals surface area contributed by atoms with Gasteiger partial charge in [0.15, 0.2) is 11.5 Å². The Morgan fingerprint density at radius 1 is 1.20 bits per heavy atom. The van der Waals surface area contributed by atoms with Gasteiger partial charge in [0.2, 0.25) is 0 Å². The van der Waals surface area contributed by atoms with Crippen LogP contribution < -0.4 is 9.47 Å². The third kappa shape index (κ3) is 5.11. The topological polar surface area (TPSA) is 86.1 Å². The second-order valence-electron chi connectivity index (χ2n) is 11.0. The first-order chi connectivity index (χ1) is 19.3. The van der Waals surface area contributed by atoms with Crippen LogP contribution in [-0.4, -0.2) is 51.8 Å². The van der Waals surface area contributed by atoms with Crippen molar-refractivity contribution in [3.63, 3.8) is 0 Å². The molecule has 0 saturated carbocycles. The molecule has 8 nitrogen and oxygen atoms in total. The predicted octanol–water partition coefficient (Wildman–Crippen LogP) is 5.41. The minimum atomic E-state index is -1.22. The number of carboxylic acid groups (broad SMARTS) is 1. The highest BCUT2D eigenvalue weighted by molar-refractivity contribution is 5.84. The summed E-state index contributed by atoms with van der Waals surface area (Å²) in [6, 6.07) is 11.2. The van der Waals surface area contributed by atoms with E-state index in [4.69, 9.17) is 19.3 Å². The molecule has 0 aliphatic carbocycles. The van der Waals surface area contributed by atoms with Gasteiger partial charge in [0.1, 0.15) is 11.6 Å². The first kappa shape index (κ1) is 26.5. The molecule has 210 valence electrons. The van der Waals surface area contributed by atoms with Crippen LogP contribution in [0.2, 0.25) is 0 Å². The predicted molar refractivity (Wildman–Crippen MR) is 147 cm³/mol. The number of aryl methyl sites for hydroxylation is 1. The van der Waals surface area contributed by atoms with Crippen molar-refractivity contribution in [1.82, 2.24) is 14.5 Å². The smallest absolute Gasteiger partial charge is 0.328 e. The number of aliphatic carboxylic acids is 1. The highest BCUT2D eigenvalue weighted by Crippen LogP contribution is 2.49. The average molecular weight is 548 g/mol. The van der Waals surface area contributed by atoms with Crippen LogP contribution >= 0.6 is 0 Å². The number of ether oxygens (including phenoxy) is 3. The summed E-state index contributed by atoms with van der Waals surface area (Å²) in [6.07, 6.45) is 7.27. The van der Waals surface area contributed by atoms with E-state index in [0.29, 0.717) is 36.8 Å². The van der Waals surface area contributed by atoms with Crippen LogP contribution in [0.1, 0.15) is 66.4 Å². The van der Waals surface area contributed by atoms with Gasteiger partial charge in [-0.1, -0.05) is 18.2 Å². The van der Waals surface area contributed by atoms with Crippen molar-refractivity contribution in [1.29, 1.82) is 0 Å². The Balaban J connectivity index is 1.16. The normalized spacial score (nSPS) is 23.3. The van der Waals surface area contributed by atoms with E-state index in [9.17, 15) is 9.18 Å². The fourth-order valence-corrected chi connectivity index (χ4v) is 6.13. The van der Waals surface area contributed by atoms with Crippen LogP contribution in [0.4, 0.5) is 4.39 Å². The average Bonchev–Trinajstić information content (AvgIpc) is 3.66. The van der Waals surface area contributed by atoms with Gasteiger partial charge in [-0.15, -0.1) is 0 Å². The number of nitrogens with zero attached hydrogens (tertiary/aromatic N) is 3. The molecule has 40 heavy (non-hydrogen) atoms. The number of halogens is 1. The first-order valence-electron chi connectivity index (χ1n) is 13.9. The second-order valence-corrected chi connectivity index (χ2v) is 11.0. The lowest BCUT2D eigenvalue weighted by Crippen LogP contribution is -2.34. The molecule has 9 heteroatoms. The molecule has 1 N–H and O–H groups in total. The van der Waals surface area contributed by atoms with Gasteiger partial charge in [0, 0.05) is 25.2 Å². The Morgan fingerprint density at radius 3 is 2.75 bits per heavy atom. The molecule has 0 amide bonds. The van der Waals surface area contributed by atoms with Crippen molar-refractivity contribution in [2.24, 2.45) is 0 Å². The van der Waals surface area contributed by atoms with Gasteiger partial charge in [0.05, 0.1) is 36.6 Å². The maximum atomic E-state index is 14.8. The van der Waals surface area contributed by atoms with E-state index in [0.717, 1.165) is 61.1 Å². The first-order valence-corrected chi connectivity index (χ1v) is 13.9. The van der Waals surface area contributed by atoms with Crippen molar-refractivity contribution < 1.29 is 28.5 Å². The van der Waals surface area contributed by atoms with Crippen molar-refractivity contribution >= 4 is 12.0 Å². The maximum absolute atomic E-state index is 14.8. The van der Waals surface area contributed by atoms with Gasteiger partial charge in [-0.05, 0) is 75.0 Å². The van der Waals surface area contributed by atoms with Gasteiger partial charge in [-0.2, -0.15) is 0 Å². The molecule has 3 aliphatic heterocycles. The van der Waals surface area contributed by atoms with Crippen molar-refractivity contribution in [3.05, 3.63) is 82.7 Å². The van der Waals surface area contributed by atoms with E-state index < -0.39 is 11.8 Å². The number of hydrogen-bond donors (Lipinski definition) is 1. The fourth-order valence-electron chi connectivity index (χ4n) is 6.13. The largest absolute Gasteiger partial charge is 0.478 e. The lowest BCUT2D eigenvalue weighted by Gasteiger charge is -2.33. The Kier molecular flexibility index (Phi) is 7.10. The molecular formula is C31H34FN3O5. The van der Waals surface area contributed by atoms with Crippen LogP contribution in [0.25, 0.3) is 6.08 Å². The lowest BCUT2D eigenvalue weighted by atomic mass is 9.88. The Morgan fingerprint density at radius 2 is 2.02 bits per heavy atom. The van der Waals surface area contributed by atoms with Gasteiger partial charge in [-0.25, -0.2) is 14.2 Å². The van der Waals surface area contributed by atoms with Crippen LogP contribution in [0.3, 0.4) is 0 Å². The fraction of sp³-hybridized carbons (Fsp3) is 0.419. The third-order valence-electron chi connectivity index (χ3n) is 8.19. The number of rotatable bonds is 7. The summed E-state index contributed by atoms with van der Waals surface area (Å²) >= 11 is 0. The highest BCUT2D eigenvalue weighted by Gasteiger charge is 2.43. The molecule has 6 rings (SSSR count). The summed E-state index contributed by atoms with van der Waals surface area (Å²) in [7, 11) is 0. The number of hydrogen-bond acceptors (Lipinski definition) is 6. The van der Waals surface area contributed by atoms with Crippen LogP contribution in [0, 0.1) is 12.7 Å². The quantitative estimate of drug-likeness (QED) is 0.396. The van der Waals surface area contributed by atoms with Gasteiger partial charge >= 0.3 is 5.97 Å². The van der Waals surface area contributed by atoms with Gasteiger partial charge in [0.25, 0.3) is 5.79 Å². The monoisotopic (exact) mass is 547 g/mol. The third-order valence-corrected chi connectivity index (χ3v) is 8.19. The number of imidazole rings is 1. The summed E-state index contributed by atoms with van der Waals surface area (Å²) in [5.74, 6) is 0.0222. The van der Waals surface area contributed by atoms with E-state index in [1.54, 1.807) is 25.3 Å². The number of piperidine rings is 1. The standard InChI is InChI=1S/C31H34FN3O5/c1-20-6-8-25(26(32)16-20)31(2)39-27-5-3-4-24(30(27)40-31)21-10-13-34(14-11-21)18-28-33-17-22(7-9-29(36)37)35(28)23-12-15-38-19-23/h3-9,16-17,21,23H,10-15,18-19H2,1-2H3,(H,36,37)/b9-7+/t23-,31?/m1/s1. The molecule has 0 bridgehead atoms. The molecular weight excluding hydrogens is 513 g/mol. The number of fused-ring (bicyclic) bond motifs is 1. The Bertz CT molecular complexity index is 1440. The minimum absolute atomic E-state index is 0.153. The molecule has 3 aliphatic rings. The van der Waals surface area contributed by atoms with Crippen LogP contribution in [-0.2, 0) is 21.9 Å². The molecule has 2 saturated heterocycles. The SMILES string of the molecule is Cc1ccc(C2(C)Oc3cccc(C4CCN(Cc5ncc(/C=C/C(=O)O)n5[C@@H]5CCOC5)CC4)c3O2)c(F)c1. The van der Waals surface area contributed by atoms with Crippen molar-refractivity contribution in [2.75, 3.05) is 26.3 Å². The van der Waals surface area contributed by atoms with Crippen molar-refractivity contribution in [3.8, 4) is 11.5 Å². The summed E-state index contributed by atoms with van der Waals surface area (Å²) in [5.41, 5.74) is 3.11. The van der Waals surface area contributed by atoms with Crippen LogP contribution in [0.5, 0.6) is 11.5 Å².